The molecule has 0 heterocycles. The monoisotopic (exact) mass is 633 g/mol. The van der Waals surface area contributed by atoms with Crippen molar-refractivity contribution in [3.05, 3.63) is 92.9 Å². The van der Waals surface area contributed by atoms with E-state index in [-0.39, 0.29) is 27.6 Å². The van der Waals surface area contributed by atoms with Crippen LogP contribution in [-0.2, 0) is 11.2 Å². The fourth-order valence-corrected chi connectivity index (χ4v) is 5.48. The van der Waals surface area contributed by atoms with Crippen LogP contribution in [0.25, 0.3) is 0 Å². The normalized spacial score (nSPS) is 12.0. The minimum absolute atomic E-state index is 0.0696. The first-order valence-corrected chi connectivity index (χ1v) is 15.4. The number of unbranched alkanes of at least 4 members (excludes halogenated alkanes) is 5. The van der Waals surface area contributed by atoms with E-state index < -0.39 is 5.97 Å². The Hall–Kier alpha value is -2.77. The van der Waals surface area contributed by atoms with Crippen molar-refractivity contribution >= 4 is 46.7 Å². The average Bonchev–Trinajstić information content (AvgIpc) is 2.93. The minimum Gasteiger partial charge on any atom is -0.494 e. The Bertz CT molecular complexity index is 1270. The lowest BCUT2D eigenvalue weighted by molar-refractivity contribution is -0.886. The maximum absolute atomic E-state index is 12.9. The molecule has 1 atom stereocenters. The van der Waals surface area contributed by atoms with E-state index in [0.29, 0.717) is 34.2 Å². The second kappa shape index (κ2) is 16.8. The smallest absolute Gasteiger partial charge is 0.346 e. The fourth-order valence-electron chi connectivity index (χ4n) is 4.51. The number of nitrogens with one attached hydrogen (secondary N) is 1. The molecule has 1 unspecified atom stereocenters. The summed E-state index contributed by atoms with van der Waals surface area (Å²) in [6, 6.07) is 19.8. The molecule has 6 nitrogen and oxygen atoms in total. The Morgan fingerprint density at radius 1 is 0.786 bits per heavy atom. The average molecular weight is 635 g/mol. The van der Waals surface area contributed by atoms with Crippen molar-refractivity contribution in [2.75, 3.05) is 34.3 Å². The highest BCUT2D eigenvalue weighted by atomic mass is 35.5. The zero-order chi connectivity index (χ0) is 30.5. The first-order valence-electron chi connectivity index (χ1n) is 14.3. The number of hydrogen-bond acceptors (Lipinski definition) is 4. The fraction of sp³-hybridized carbons (Fsp3) is 0.394. The van der Waals surface area contributed by atoms with Crippen molar-refractivity contribution in [1.82, 2.24) is 5.32 Å². The van der Waals surface area contributed by atoms with Crippen molar-refractivity contribution in [3.8, 4) is 11.5 Å². The molecule has 0 aliphatic carbocycles. The summed E-state index contributed by atoms with van der Waals surface area (Å²) >= 11 is 18.1. The lowest BCUT2D eigenvalue weighted by Gasteiger charge is -2.33. The Morgan fingerprint density at radius 3 is 1.98 bits per heavy atom. The molecule has 1 amide bonds. The number of nitrogens with zero attached hydrogens (tertiary/aromatic N) is 1. The third kappa shape index (κ3) is 11.1. The first-order chi connectivity index (χ1) is 20.0. The predicted molar refractivity (Wildman–Crippen MR) is 171 cm³/mol. The van der Waals surface area contributed by atoms with Crippen LogP contribution in [0.3, 0.4) is 0 Å². The van der Waals surface area contributed by atoms with Crippen LogP contribution < -0.4 is 14.8 Å². The second-order valence-electron chi connectivity index (χ2n) is 11.2. The lowest BCUT2D eigenvalue weighted by Crippen LogP contribution is -2.55. The van der Waals surface area contributed by atoms with Crippen molar-refractivity contribution in [3.63, 3.8) is 0 Å². The molecular weight excluding hydrogens is 595 g/mol. The standard InChI is InChI=1S/C33H39Cl3N2O4/c1-38(2,3)30(21-24-13-9-8-10-14-24)32(39)37-19-11-6-4-5-7-12-20-41-26-15-17-27(18-16-26)42-33(40)31-28(35)22-25(34)23-29(31)36/h8-10,13-18,22-23,30H,4-7,11-12,19-21H2,1-3H3/p+1. The predicted octanol–water partition coefficient (Wildman–Crippen LogP) is 8.02. The highest BCUT2D eigenvalue weighted by Gasteiger charge is 2.31. The van der Waals surface area contributed by atoms with Gasteiger partial charge in [-0.2, -0.15) is 0 Å². The van der Waals surface area contributed by atoms with E-state index in [9.17, 15) is 9.59 Å². The molecule has 3 aromatic carbocycles. The SMILES string of the molecule is C[N+](C)(C)C(Cc1ccccc1)C(=O)NCCCCCCCCOc1ccc(OC(=O)c2c(Cl)cc(Cl)cc2Cl)cc1. The van der Waals surface area contributed by atoms with Gasteiger partial charge in [0.05, 0.1) is 43.4 Å². The maximum Gasteiger partial charge on any atom is 0.346 e. The number of hydrogen-bond donors (Lipinski definition) is 1. The highest BCUT2D eigenvalue weighted by molar-refractivity contribution is 6.41. The van der Waals surface area contributed by atoms with Gasteiger partial charge in [-0.05, 0) is 54.8 Å². The van der Waals surface area contributed by atoms with Crippen molar-refractivity contribution in [2.45, 2.75) is 51.0 Å². The molecule has 3 rings (SSSR count). The zero-order valence-corrected chi connectivity index (χ0v) is 26.8. The summed E-state index contributed by atoms with van der Waals surface area (Å²) < 4.78 is 11.8. The van der Waals surface area contributed by atoms with E-state index in [1.54, 1.807) is 24.3 Å². The first kappa shape index (κ1) is 33.7. The molecule has 0 saturated heterocycles. The van der Waals surface area contributed by atoms with Crippen LogP contribution in [0.4, 0.5) is 0 Å². The number of rotatable bonds is 16. The van der Waals surface area contributed by atoms with Crippen LogP contribution in [0.1, 0.15) is 54.4 Å². The van der Waals surface area contributed by atoms with Gasteiger partial charge in [0.1, 0.15) is 11.5 Å². The Kier molecular flexibility index (Phi) is 13.5. The molecule has 0 spiro atoms. The number of carbonyl (C=O) groups is 2. The van der Waals surface area contributed by atoms with E-state index in [4.69, 9.17) is 44.3 Å². The third-order valence-corrected chi connectivity index (χ3v) is 7.71. The molecule has 0 bridgehead atoms. The van der Waals surface area contributed by atoms with Gasteiger partial charge in [-0.1, -0.05) is 90.8 Å². The molecule has 3 aromatic rings. The number of amides is 1. The molecule has 0 fully saturated rings. The van der Waals surface area contributed by atoms with E-state index in [1.807, 2.05) is 18.2 Å². The van der Waals surface area contributed by atoms with Gasteiger partial charge in [-0.15, -0.1) is 0 Å². The van der Waals surface area contributed by atoms with Crippen molar-refractivity contribution in [2.24, 2.45) is 0 Å². The van der Waals surface area contributed by atoms with E-state index in [0.717, 1.165) is 44.9 Å². The van der Waals surface area contributed by atoms with Gasteiger partial charge >= 0.3 is 5.97 Å². The van der Waals surface area contributed by atoms with Crippen molar-refractivity contribution < 1.29 is 23.5 Å². The molecule has 0 aliphatic rings. The van der Waals surface area contributed by atoms with Crippen LogP contribution in [0.15, 0.2) is 66.7 Å². The van der Waals surface area contributed by atoms with Crippen molar-refractivity contribution in [1.29, 1.82) is 0 Å². The number of esters is 1. The second-order valence-corrected chi connectivity index (χ2v) is 12.4. The molecule has 1 N–H and O–H groups in total. The minimum atomic E-state index is -0.658. The van der Waals surface area contributed by atoms with Gasteiger partial charge in [0.2, 0.25) is 0 Å². The summed E-state index contributed by atoms with van der Waals surface area (Å²) in [5.41, 5.74) is 1.25. The van der Waals surface area contributed by atoms with Crippen LogP contribution in [0.5, 0.6) is 11.5 Å². The molecule has 9 heteroatoms. The zero-order valence-electron chi connectivity index (χ0n) is 24.5. The van der Waals surface area contributed by atoms with Crippen LogP contribution >= 0.6 is 34.8 Å². The number of carbonyl (C=O) groups excluding carboxylic acids is 2. The molecule has 42 heavy (non-hydrogen) atoms. The van der Waals surface area contributed by atoms with E-state index in [1.165, 1.54) is 17.7 Å². The molecule has 0 radical (unpaired) electrons. The highest BCUT2D eigenvalue weighted by Crippen LogP contribution is 2.30. The van der Waals surface area contributed by atoms with E-state index in [2.05, 4.69) is 38.6 Å². The van der Waals surface area contributed by atoms with Gasteiger partial charge < -0.3 is 19.3 Å². The van der Waals surface area contributed by atoms with Gasteiger partial charge in [-0.25, -0.2) is 4.79 Å². The number of ether oxygens (including phenoxy) is 2. The van der Waals surface area contributed by atoms with Gasteiger partial charge in [-0.3, -0.25) is 4.79 Å². The largest absolute Gasteiger partial charge is 0.494 e. The summed E-state index contributed by atoms with van der Waals surface area (Å²) in [5.74, 6) is 0.515. The summed E-state index contributed by atoms with van der Waals surface area (Å²) in [6.07, 6.45) is 7.06. The van der Waals surface area contributed by atoms with E-state index >= 15 is 0 Å². The summed E-state index contributed by atoms with van der Waals surface area (Å²) in [6.45, 7) is 1.32. The molecule has 0 aromatic heterocycles. The Morgan fingerprint density at radius 2 is 1.36 bits per heavy atom. The molecular formula is C33H40Cl3N2O4+. The third-order valence-electron chi connectivity index (χ3n) is 6.89. The summed E-state index contributed by atoms with van der Waals surface area (Å²) in [4.78, 5) is 25.4. The van der Waals surface area contributed by atoms with Crippen LogP contribution in [0, 0.1) is 0 Å². The quantitative estimate of drug-likeness (QED) is 0.0750. The number of halogens is 3. The Labute approximate surface area is 264 Å². The number of likely N-dealkylation sites (N-methyl/N-ethyl adjacent to an activating group) is 1. The van der Waals surface area contributed by atoms with Gasteiger partial charge in [0.15, 0.2) is 6.04 Å². The molecule has 226 valence electrons. The lowest BCUT2D eigenvalue weighted by atomic mass is 10.0. The van der Waals surface area contributed by atoms with Gasteiger partial charge in [0.25, 0.3) is 5.91 Å². The number of quaternary nitrogens is 1. The summed E-state index contributed by atoms with van der Waals surface area (Å²) in [5, 5.41) is 3.75. The summed E-state index contributed by atoms with van der Waals surface area (Å²) in [7, 11) is 6.21. The number of benzene rings is 3. The topological polar surface area (TPSA) is 64.6 Å². The molecule has 0 saturated carbocycles. The van der Waals surface area contributed by atoms with Crippen LogP contribution in [0.2, 0.25) is 15.1 Å². The molecule has 0 aliphatic heterocycles. The maximum atomic E-state index is 12.9. The Balaban J connectivity index is 1.26. The van der Waals surface area contributed by atoms with Crippen LogP contribution in [-0.4, -0.2) is 56.7 Å². The van der Waals surface area contributed by atoms with Gasteiger partial charge in [0, 0.05) is 18.0 Å².